The zero-order chi connectivity index (χ0) is 32.9. The molecule has 1 fully saturated rings. The van der Waals surface area contributed by atoms with E-state index in [0.717, 1.165) is 41.3 Å². The van der Waals surface area contributed by atoms with Crippen molar-refractivity contribution < 1.29 is 27.9 Å². The molecule has 244 valence electrons. The Morgan fingerprint density at radius 2 is 1.87 bits per heavy atom. The molecular formula is C36H37F2N5O4. The molecule has 1 saturated heterocycles. The number of carbonyl (C=O) groups excluding carboxylic acids is 3. The summed E-state index contributed by atoms with van der Waals surface area (Å²) in [6.45, 7) is 4.93. The topological polar surface area (TPSA) is 114 Å². The minimum atomic E-state index is -0.948. The van der Waals surface area contributed by atoms with Crippen molar-refractivity contribution in [2.45, 2.75) is 75.8 Å². The average Bonchev–Trinajstić information content (AvgIpc) is 3.56. The van der Waals surface area contributed by atoms with Crippen LogP contribution < -0.4 is 10.6 Å². The maximum atomic E-state index is 15.2. The summed E-state index contributed by atoms with van der Waals surface area (Å²) in [5, 5.41) is 5.81. The van der Waals surface area contributed by atoms with E-state index in [-0.39, 0.29) is 29.4 Å². The first-order valence-electron chi connectivity index (χ1n) is 16.3. The summed E-state index contributed by atoms with van der Waals surface area (Å²) in [6, 6.07) is 5.13. The Morgan fingerprint density at radius 1 is 1.02 bits per heavy atom. The maximum absolute atomic E-state index is 15.2. The van der Waals surface area contributed by atoms with Gasteiger partial charge in [-0.25, -0.2) is 13.8 Å². The van der Waals surface area contributed by atoms with Crippen molar-refractivity contribution >= 4 is 29.6 Å². The first kappa shape index (κ1) is 31.1. The molecule has 5 heterocycles. The molecule has 4 atom stereocenters. The van der Waals surface area contributed by atoms with Gasteiger partial charge < -0.3 is 20.3 Å². The predicted octanol–water partition coefficient (Wildman–Crippen LogP) is 4.77. The number of hydrogen-bond donors (Lipinski definition) is 2. The number of nitrogens with one attached hydrogen (secondary N) is 2. The Bertz CT molecular complexity index is 1810. The number of benzene rings is 1. The Morgan fingerprint density at radius 3 is 2.72 bits per heavy atom. The van der Waals surface area contributed by atoms with Crippen molar-refractivity contribution in [1.82, 2.24) is 20.2 Å². The fraction of sp³-hybridized carbons (Fsp3) is 0.417. The van der Waals surface area contributed by atoms with Crippen LogP contribution in [0, 0.1) is 18.6 Å². The van der Waals surface area contributed by atoms with E-state index >= 15 is 4.39 Å². The normalized spacial score (nSPS) is 26.8. The van der Waals surface area contributed by atoms with E-state index < -0.39 is 41.0 Å². The minimum absolute atomic E-state index is 0.122. The molecule has 47 heavy (non-hydrogen) atoms. The summed E-state index contributed by atoms with van der Waals surface area (Å²) in [7, 11) is 0. The van der Waals surface area contributed by atoms with E-state index in [4.69, 9.17) is 4.74 Å². The quantitative estimate of drug-likeness (QED) is 0.396. The van der Waals surface area contributed by atoms with Gasteiger partial charge in [-0.2, -0.15) is 0 Å². The number of halogens is 2. The van der Waals surface area contributed by atoms with Gasteiger partial charge in [-0.15, -0.1) is 0 Å². The molecule has 1 spiro atoms. The number of anilines is 1. The van der Waals surface area contributed by atoms with E-state index in [1.807, 2.05) is 25.1 Å². The van der Waals surface area contributed by atoms with Gasteiger partial charge in [0, 0.05) is 55.2 Å². The minimum Gasteiger partial charge on any atom is -0.377 e. The molecule has 4 aliphatic rings. The maximum Gasteiger partial charge on any atom is 0.253 e. The van der Waals surface area contributed by atoms with Crippen LogP contribution in [0.5, 0.6) is 0 Å². The summed E-state index contributed by atoms with van der Waals surface area (Å²) >= 11 is 0. The standard InChI is InChI=1S/C36H37F2N5O4/c1-20-11-26(31(38)28(37)12-20)25-15-29-34(45)43(21(25)2)8-4-3-5-9-47-10-6-7-22-13-27-32(40-18-22)42-35(46)36(27)16-23-14-24(33(44)41-29)19-39-30(23)17-36/h6-7,11-14,18-19,21,25,29H,3-5,8-10,15-17H2,1-2H3,(H,41,44)(H,40,42,46)/b7-6+/t21-,25-,29+,36+/m1/s1. The zero-order valence-corrected chi connectivity index (χ0v) is 26.4. The summed E-state index contributed by atoms with van der Waals surface area (Å²) in [5.74, 6) is -2.77. The van der Waals surface area contributed by atoms with Crippen molar-refractivity contribution in [2.75, 3.05) is 25.1 Å². The number of aryl methyl sites for hydroxylation is 1. The molecule has 3 amide bonds. The van der Waals surface area contributed by atoms with Crippen LogP contribution >= 0.6 is 0 Å². The molecule has 0 unspecified atom stereocenters. The molecule has 11 heteroatoms. The van der Waals surface area contributed by atoms with Gasteiger partial charge in [0.05, 0.1) is 17.6 Å². The van der Waals surface area contributed by atoms with Crippen LogP contribution in [0.1, 0.15) is 82.4 Å². The van der Waals surface area contributed by atoms with Crippen molar-refractivity contribution in [2.24, 2.45) is 0 Å². The van der Waals surface area contributed by atoms with Gasteiger partial charge >= 0.3 is 0 Å². The largest absolute Gasteiger partial charge is 0.377 e. The molecule has 3 aliphatic heterocycles. The van der Waals surface area contributed by atoms with Gasteiger partial charge in [0.1, 0.15) is 11.9 Å². The highest BCUT2D eigenvalue weighted by Crippen LogP contribution is 2.46. The number of aromatic nitrogens is 2. The average molecular weight is 642 g/mol. The third-order valence-electron chi connectivity index (χ3n) is 10.1. The van der Waals surface area contributed by atoms with Gasteiger partial charge in [-0.1, -0.05) is 18.2 Å². The van der Waals surface area contributed by atoms with Gasteiger partial charge in [0.25, 0.3) is 5.91 Å². The first-order valence-corrected chi connectivity index (χ1v) is 16.3. The molecule has 0 radical (unpaired) electrons. The lowest BCUT2D eigenvalue weighted by Gasteiger charge is -2.43. The number of carbonyl (C=O) groups is 3. The molecule has 2 aromatic heterocycles. The Balaban J connectivity index is 1.22. The van der Waals surface area contributed by atoms with Crippen LogP contribution in [0.3, 0.4) is 0 Å². The molecule has 0 saturated carbocycles. The van der Waals surface area contributed by atoms with Gasteiger partial charge in [-0.3, -0.25) is 19.4 Å². The third kappa shape index (κ3) is 5.60. The van der Waals surface area contributed by atoms with Crippen molar-refractivity contribution in [1.29, 1.82) is 0 Å². The van der Waals surface area contributed by atoms with Gasteiger partial charge in [-0.05, 0) is 86.4 Å². The first-order chi connectivity index (χ1) is 22.6. The fourth-order valence-electron chi connectivity index (χ4n) is 7.64. The highest BCUT2D eigenvalue weighted by atomic mass is 19.2. The summed E-state index contributed by atoms with van der Waals surface area (Å²) in [5.41, 5.74) is 3.31. The van der Waals surface area contributed by atoms with Gasteiger partial charge in [0.15, 0.2) is 11.6 Å². The molecular weight excluding hydrogens is 604 g/mol. The SMILES string of the molecule is Cc1cc(F)c(F)c([C@@H]2C[C@@H]3NC(=O)c4cnc5c(c4)C[C@@]4(C5)C(=O)Nc5ncc(cc54)/C=C/COCCCCCN(C3=O)[C@@H]2C)c1. The summed E-state index contributed by atoms with van der Waals surface area (Å²) in [6.07, 6.45) is 10.2. The van der Waals surface area contributed by atoms with E-state index in [9.17, 15) is 18.8 Å². The molecule has 9 nitrogen and oxygen atoms in total. The summed E-state index contributed by atoms with van der Waals surface area (Å²) < 4.78 is 35.6. The van der Waals surface area contributed by atoms with E-state index in [0.29, 0.717) is 50.4 Å². The van der Waals surface area contributed by atoms with Crippen molar-refractivity contribution in [3.63, 3.8) is 0 Å². The number of amides is 3. The van der Waals surface area contributed by atoms with Crippen LogP contribution in [-0.2, 0) is 32.6 Å². The smallest absolute Gasteiger partial charge is 0.253 e. The number of rotatable bonds is 1. The second kappa shape index (κ2) is 12.3. The number of ether oxygens (including phenoxy) is 1. The second-order valence-electron chi connectivity index (χ2n) is 13.2. The molecule has 3 aromatic rings. The molecule has 7 rings (SSSR count). The number of nitrogens with zero attached hydrogens (tertiary/aromatic N) is 3. The second-order valence-corrected chi connectivity index (χ2v) is 13.2. The van der Waals surface area contributed by atoms with Crippen LogP contribution in [0.15, 0.2) is 42.7 Å². The van der Waals surface area contributed by atoms with Crippen LogP contribution in [0.4, 0.5) is 14.6 Å². The van der Waals surface area contributed by atoms with Gasteiger partial charge in [0.2, 0.25) is 11.8 Å². The Labute approximate surface area is 271 Å². The van der Waals surface area contributed by atoms with Crippen molar-refractivity contribution in [3.8, 4) is 0 Å². The number of hydrogen-bond acceptors (Lipinski definition) is 6. The predicted molar refractivity (Wildman–Crippen MR) is 171 cm³/mol. The van der Waals surface area contributed by atoms with Crippen LogP contribution in [-0.4, -0.2) is 64.4 Å². The molecule has 1 aromatic carbocycles. The Hall–Kier alpha value is -4.51. The fourth-order valence-corrected chi connectivity index (χ4v) is 7.64. The Kier molecular flexibility index (Phi) is 8.11. The number of fused-ring (bicyclic) bond motifs is 4. The summed E-state index contributed by atoms with van der Waals surface area (Å²) in [4.78, 5) is 51.8. The number of pyridine rings is 2. The van der Waals surface area contributed by atoms with Crippen LogP contribution in [0.2, 0.25) is 0 Å². The molecule has 2 N–H and O–H groups in total. The lowest BCUT2D eigenvalue weighted by molar-refractivity contribution is -0.139. The van der Waals surface area contributed by atoms with E-state index in [1.165, 1.54) is 6.20 Å². The third-order valence-corrected chi connectivity index (χ3v) is 10.1. The number of piperidine rings is 1. The zero-order valence-electron chi connectivity index (χ0n) is 26.4. The highest BCUT2D eigenvalue weighted by Gasteiger charge is 2.52. The lowest BCUT2D eigenvalue weighted by atomic mass is 9.79. The van der Waals surface area contributed by atoms with Crippen LogP contribution in [0.25, 0.3) is 6.08 Å². The van der Waals surface area contributed by atoms with Crippen molar-refractivity contribution in [3.05, 3.63) is 93.4 Å². The molecule has 1 aliphatic carbocycles. The monoisotopic (exact) mass is 641 g/mol. The highest BCUT2D eigenvalue weighted by molar-refractivity contribution is 6.06. The molecule has 7 bridgehead atoms. The lowest BCUT2D eigenvalue weighted by Crippen LogP contribution is -2.58. The van der Waals surface area contributed by atoms with E-state index in [2.05, 4.69) is 20.6 Å². The van der Waals surface area contributed by atoms with E-state index in [1.54, 1.807) is 30.2 Å².